The van der Waals surface area contributed by atoms with Crippen molar-refractivity contribution in [2.45, 2.75) is 13.5 Å². The molecule has 0 atom stereocenters. The molecule has 0 aliphatic rings. The van der Waals surface area contributed by atoms with E-state index < -0.39 is 0 Å². The number of H-pyrrole nitrogens is 1. The molecular weight excluding hydrogens is 269 g/mol. The molecule has 0 radical (unpaired) electrons. The number of hydrogen-bond acceptors (Lipinski definition) is 4. The molecule has 106 valence electrons. The normalized spacial score (nSPS) is 10.6. The molecule has 0 spiro atoms. The molecule has 1 aromatic heterocycles. The standard InChI is InChI=1S/C15H14FN5/c1-10-7-11(5-6-14(10)16)9-17-13-4-2-3-12(8-13)15-18-20-21-19-15/h2-8,17H,9H2,1H3,(H,18,19,20,21). The zero-order valence-electron chi connectivity index (χ0n) is 11.5. The summed E-state index contributed by atoms with van der Waals surface area (Å²) >= 11 is 0. The highest BCUT2D eigenvalue weighted by Crippen LogP contribution is 2.19. The first-order valence-electron chi connectivity index (χ1n) is 6.55. The fourth-order valence-corrected chi connectivity index (χ4v) is 2.07. The van der Waals surface area contributed by atoms with Crippen molar-refractivity contribution in [1.29, 1.82) is 0 Å². The fraction of sp³-hybridized carbons (Fsp3) is 0.133. The second-order valence-corrected chi connectivity index (χ2v) is 4.75. The van der Waals surface area contributed by atoms with Crippen LogP contribution in [0.4, 0.5) is 10.1 Å². The van der Waals surface area contributed by atoms with Crippen LogP contribution in [0.25, 0.3) is 11.4 Å². The zero-order chi connectivity index (χ0) is 14.7. The molecule has 2 aromatic carbocycles. The molecular formula is C15H14FN5. The Morgan fingerprint density at radius 3 is 2.86 bits per heavy atom. The summed E-state index contributed by atoms with van der Waals surface area (Å²) in [6.45, 7) is 2.38. The van der Waals surface area contributed by atoms with Crippen LogP contribution in [-0.4, -0.2) is 20.6 Å². The van der Waals surface area contributed by atoms with Gasteiger partial charge in [-0.3, -0.25) is 0 Å². The molecule has 0 saturated carbocycles. The van der Waals surface area contributed by atoms with Crippen molar-refractivity contribution in [2.75, 3.05) is 5.32 Å². The number of nitrogens with one attached hydrogen (secondary N) is 2. The van der Waals surface area contributed by atoms with Crippen molar-refractivity contribution >= 4 is 5.69 Å². The Bertz CT molecular complexity index is 740. The summed E-state index contributed by atoms with van der Waals surface area (Å²) in [7, 11) is 0. The molecule has 21 heavy (non-hydrogen) atoms. The highest BCUT2D eigenvalue weighted by atomic mass is 19.1. The molecule has 1 heterocycles. The number of hydrogen-bond donors (Lipinski definition) is 2. The van der Waals surface area contributed by atoms with Gasteiger partial charge in [0.15, 0.2) is 0 Å². The molecule has 0 saturated heterocycles. The van der Waals surface area contributed by atoms with Crippen molar-refractivity contribution in [2.24, 2.45) is 0 Å². The van der Waals surface area contributed by atoms with Crippen molar-refractivity contribution in [1.82, 2.24) is 20.6 Å². The highest BCUT2D eigenvalue weighted by molar-refractivity contribution is 5.61. The highest BCUT2D eigenvalue weighted by Gasteiger charge is 2.04. The quantitative estimate of drug-likeness (QED) is 0.772. The summed E-state index contributed by atoms with van der Waals surface area (Å²) in [6.07, 6.45) is 0. The third kappa shape index (κ3) is 3.05. The molecule has 6 heteroatoms. The average Bonchev–Trinajstić information content (AvgIpc) is 3.03. The van der Waals surface area contributed by atoms with Gasteiger partial charge in [0.05, 0.1) is 0 Å². The lowest BCUT2D eigenvalue weighted by Crippen LogP contribution is -2.00. The molecule has 0 aliphatic carbocycles. The van der Waals surface area contributed by atoms with E-state index in [0.29, 0.717) is 17.9 Å². The number of anilines is 1. The lowest BCUT2D eigenvalue weighted by atomic mass is 10.1. The fourth-order valence-electron chi connectivity index (χ4n) is 2.07. The molecule has 3 rings (SSSR count). The van der Waals surface area contributed by atoms with Crippen LogP contribution in [0.2, 0.25) is 0 Å². The van der Waals surface area contributed by atoms with Gasteiger partial charge in [0.25, 0.3) is 0 Å². The van der Waals surface area contributed by atoms with Gasteiger partial charge in [-0.1, -0.05) is 24.3 Å². The first-order chi connectivity index (χ1) is 10.2. The molecule has 0 amide bonds. The van der Waals surface area contributed by atoms with E-state index >= 15 is 0 Å². The molecule has 5 nitrogen and oxygen atoms in total. The molecule has 0 fully saturated rings. The van der Waals surface area contributed by atoms with Crippen LogP contribution in [0, 0.1) is 12.7 Å². The van der Waals surface area contributed by atoms with Crippen LogP contribution in [0.1, 0.15) is 11.1 Å². The van der Waals surface area contributed by atoms with Crippen LogP contribution in [0.15, 0.2) is 42.5 Å². The molecule has 2 N–H and O–H groups in total. The van der Waals surface area contributed by atoms with E-state index in [1.807, 2.05) is 30.3 Å². The van der Waals surface area contributed by atoms with E-state index in [-0.39, 0.29) is 5.82 Å². The van der Waals surface area contributed by atoms with Crippen LogP contribution < -0.4 is 5.32 Å². The molecule has 3 aromatic rings. The SMILES string of the molecule is Cc1cc(CNc2cccc(-c3nn[nH]n3)c2)ccc1F. The monoisotopic (exact) mass is 283 g/mol. The van der Waals surface area contributed by atoms with Gasteiger partial charge in [0.1, 0.15) is 5.82 Å². The average molecular weight is 283 g/mol. The van der Waals surface area contributed by atoms with E-state index in [1.165, 1.54) is 6.07 Å². The lowest BCUT2D eigenvalue weighted by molar-refractivity contribution is 0.617. The number of nitrogens with zero attached hydrogens (tertiary/aromatic N) is 3. The van der Waals surface area contributed by atoms with Crippen LogP contribution in [-0.2, 0) is 6.54 Å². The smallest absolute Gasteiger partial charge is 0.204 e. The Labute approximate surface area is 121 Å². The predicted octanol–water partition coefficient (Wildman–Crippen LogP) is 2.93. The summed E-state index contributed by atoms with van der Waals surface area (Å²) in [5.74, 6) is 0.370. The number of aromatic amines is 1. The summed E-state index contributed by atoms with van der Waals surface area (Å²) in [5.41, 5.74) is 3.50. The number of aromatic nitrogens is 4. The van der Waals surface area contributed by atoms with Crippen molar-refractivity contribution in [3.8, 4) is 11.4 Å². The summed E-state index contributed by atoms with van der Waals surface area (Å²) < 4.78 is 13.2. The van der Waals surface area contributed by atoms with Gasteiger partial charge in [-0.05, 0) is 41.5 Å². The number of benzene rings is 2. The van der Waals surface area contributed by atoms with Gasteiger partial charge >= 0.3 is 0 Å². The van der Waals surface area contributed by atoms with Gasteiger partial charge in [0.2, 0.25) is 5.82 Å². The first kappa shape index (κ1) is 13.2. The van der Waals surface area contributed by atoms with E-state index in [9.17, 15) is 4.39 Å². The van der Waals surface area contributed by atoms with Gasteiger partial charge < -0.3 is 5.32 Å². The zero-order valence-corrected chi connectivity index (χ0v) is 11.5. The molecule has 0 unspecified atom stereocenters. The maximum atomic E-state index is 13.2. The van der Waals surface area contributed by atoms with Gasteiger partial charge in [-0.15, -0.1) is 10.2 Å². The van der Waals surface area contributed by atoms with Crippen LogP contribution >= 0.6 is 0 Å². The van der Waals surface area contributed by atoms with Crippen molar-refractivity contribution in [3.63, 3.8) is 0 Å². The number of aryl methyl sites for hydroxylation is 1. The maximum absolute atomic E-state index is 13.2. The van der Waals surface area contributed by atoms with Crippen LogP contribution in [0.3, 0.4) is 0 Å². The second-order valence-electron chi connectivity index (χ2n) is 4.75. The van der Waals surface area contributed by atoms with Crippen molar-refractivity contribution in [3.05, 3.63) is 59.4 Å². The Kier molecular flexibility index (Phi) is 3.59. The Balaban J connectivity index is 1.73. The third-order valence-electron chi connectivity index (χ3n) is 3.19. The Morgan fingerprint density at radius 1 is 1.19 bits per heavy atom. The van der Waals surface area contributed by atoms with Gasteiger partial charge in [-0.2, -0.15) is 5.21 Å². The Hall–Kier alpha value is -2.76. The molecule has 0 aliphatic heterocycles. The van der Waals surface area contributed by atoms with E-state index in [4.69, 9.17) is 0 Å². The minimum absolute atomic E-state index is 0.183. The van der Waals surface area contributed by atoms with Crippen molar-refractivity contribution < 1.29 is 4.39 Å². The minimum Gasteiger partial charge on any atom is -0.381 e. The number of rotatable bonds is 4. The largest absolute Gasteiger partial charge is 0.381 e. The molecule has 0 bridgehead atoms. The first-order valence-corrected chi connectivity index (χ1v) is 6.55. The van der Waals surface area contributed by atoms with Gasteiger partial charge in [0, 0.05) is 17.8 Å². The summed E-state index contributed by atoms with van der Waals surface area (Å²) in [6, 6.07) is 12.8. The topological polar surface area (TPSA) is 66.5 Å². The Morgan fingerprint density at radius 2 is 2.10 bits per heavy atom. The van der Waals surface area contributed by atoms with E-state index in [0.717, 1.165) is 16.8 Å². The lowest BCUT2D eigenvalue weighted by Gasteiger charge is -2.08. The number of halogens is 1. The maximum Gasteiger partial charge on any atom is 0.204 e. The van der Waals surface area contributed by atoms with Gasteiger partial charge in [-0.25, -0.2) is 4.39 Å². The third-order valence-corrected chi connectivity index (χ3v) is 3.19. The van der Waals surface area contributed by atoms with E-state index in [1.54, 1.807) is 13.0 Å². The van der Waals surface area contributed by atoms with E-state index in [2.05, 4.69) is 25.9 Å². The summed E-state index contributed by atoms with van der Waals surface area (Å²) in [4.78, 5) is 0. The predicted molar refractivity (Wildman–Crippen MR) is 78.1 cm³/mol. The number of tetrazole rings is 1. The minimum atomic E-state index is -0.183. The van der Waals surface area contributed by atoms with Crippen LogP contribution in [0.5, 0.6) is 0 Å². The summed E-state index contributed by atoms with van der Waals surface area (Å²) in [5, 5.41) is 17.2. The second kappa shape index (κ2) is 5.70.